The summed E-state index contributed by atoms with van der Waals surface area (Å²) >= 11 is 0. The lowest BCUT2D eigenvalue weighted by Crippen LogP contribution is -2.12. The summed E-state index contributed by atoms with van der Waals surface area (Å²) < 4.78 is 5.35. The molecule has 0 amide bonds. The third-order valence-electron chi connectivity index (χ3n) is 3.19. The van der Waals surface area contributed by atoms with Gasteiger partial charge < -0.3 is 10.5 Å². The molecule has 2 rings (SSSR count). The van der Waals surface area contributed by atoms with Crippen molar-refractivity contribution >= 4 is 0 Å². The molecule has 0 spiro atoms. The van der Waals surface area contributed by atoms with Crippen LogP contribution in [0.2, 0.25) is 0 Å². The van der Waals surface area contributed by atoms with Gasteiger partial charge in [0.25, 0.3) is 0 Å². The summed E-state index contributed by atoms with van der Waals surface area (Å²) in [7, 11) is 1.76. The highest BCUT2D eigenvalue weighted by molar-refractivity contribution is 5.41. The van der Waals surface area contributed by atoms with Crippen LogP contribution in [0.3, 0.4) is 0 Å². The maximum Gasteiger partial charge on any atom is 0.122 e. The molecule has 0 fully saturated rings. The van der Waals surface area contributed by atoms with E-state index in [0.29, 0.717) is 0 Å². The molecule has 96 valence electrons. The van der Waals surface area contributed by atoms with Gasteiger partial charge in [-0.25, -0.2) is 0 Å². The Balaban J connectivity index is 0.000000317. The second-order valence-electron chi connectivity index (χ2n) is 4.73. The van der Waals surface area contributed by atoms with E-state index in [0.717, 1.165) is 24.6 Å². The first-order valence-corrected chi connectivity index (χ1v) is 6.57. The fraction of sp³-hybridized carbons (Fsp3) is 0.600. The lowest BCUT2D eigenvalue weighted by molar-refractivity contribution is 0.399. The summed E-state index contributed by atoms with van der Waals surface area (Å²) in [6, 6.07) is 6.39. The highest BCUT2D eigenvalue weighted by Crippen LogP contribution is 2.31. The Morgan fingerprint density at radius 1 is 1.41 bits per heavy atom. The molecule has 0 aromatic heterocycles. The number of hydrogen-bond acceptors (Lipinski definition) is 2. The quantitative estimate of drug-likeness (QED) is 0.854. The minimum Gasteiger partial charge on any atom is -0.496 e. The first-order valence-electron chi connectivity index (χ1n) is 6.57. The SMILES string of the molecule is CCCN.COc1cccc2c1CCC(C)C2. The molecule has 1 aliphatic carbocycles. The van der Waals surface area contributed by atoms with Crippen LogP contribution in [0.5, 0.6) is 5.75 Å². The molecule has 1 atom stereocenters. The molecule has 1 aliphatic rings. The van der Waals surface area contributed by atoms with E-state index in [4.69, 9.17) is 10.5 Å². The van der Waals surface area contributed by atoms with Crippen molar-refractivity contribution in [2.45, 2.75) is 39.5 Å². The van der Waals surface area contributed by atoms with Crippen molar-refractivity contribution in [1.29, 1.82) is 0 Å². The number of nitrogens with two attached hydrogens (primary N) is 1. The number of hydrogen-bond donors (Lipinski definition) is 1. The van der Waals surface area contributed by atoms with Gasteiger partial charge in [0, 0.05) is 0 Å². The topological polar surface area (TPSA) is 35.2 Å². The van der Waals surface area contributed by atoms with E-state index in [1.165, 1.54) is 30.4 Å². The van der Waals surface area contributed by atoms with Crippen molar-refractivity contribution in [3.05, 3.63) is 29.3 Å². The van der Waals surface area contributed by atoms with E-state index >= 15 is 0 Å². The van der Waals surface area contributed by atoms with Crippen LogP contribution in [0.4, 0.5) is 0 Å². The van der Waals surface area contributed by atoms with Gasteiger partial charge in [-0.2, -0.15) is 0 Å². The monoisotopic (exact) mass is 235 g/mol. The number of ether oxygens (including phenoxy) is 1. The van der Waals surface area contributed by atoms with E-state index in [1.807, 2.05) is 0 Å². The van der Waals surface area contributed by atoms with Crippen molar-refractivity contribution in [3.8, 4) is 5.75 Å². The van der Waals surface area contributed by atoms with Gasteiger partial charge in [0.2, 0.25) is 0 Å². The van der Waals surface area contributed by atoms with Crippen molar-refractivity contribution < 1.29 is 4.74 Å². The van der Waals surface area contributed by atoms with E-state index in [-0.39, 0.29) is 0 Å². The molecule has 2 nitrogen and oxygen atoms in total. The van der Waals surface area contributed by atoms with Crippen LogP contribution >= 0.6 is 0 Å². The second-order valence-corrected chi connectivity index (χ2v) is 4.73. The molecule has 1 aromatic carbocycles. The van der Waals surface area contributed by atoms with Crippen LogP contribution < -0.4 is 10.5 Å². The summed E-state index contributed by atoms with van der Waals surface area (Å²) in [6.45, 7) is 5.20. The van der Waals surface area contributed by atoms with Gasteiger partial charge in [-0.05, 0) is 55.3 Å². The van der Waals surface area contributed by atoms with Crippen LogP contribution in [-0.4, -0.2) is 13.7 Å². The third kappa shape index (κ3) is 4.04. The lowest BCUT2D eigenvalue weighted by Gasteiger charge is -2.22. The zero-order chi connectivity index (χ0) is 12.7. The summed E-state index contributed by atoms with van der Waals surface area (Å²) in [4.78, 5) is 0. The number of rotatable bonds is 2. The van der Waals surface area contributed by atoms with Crippen molar-refractivity contribution in [2.24, 2.45) is 11.7 Å². The summed E-state index contributed by atoms with van der Waals surface area (Å²) in [6.07, 6.45) is 4.79. The highest BCUT2D eigenvalue weighted by Gasteiger charge is 2.17. The first kappa shape index (κ1) is 14.0. The van der Waals surface area contributed by atoms with Gasteiger partial charge in [-0.1, -0.05) is 26.0 Å². The molecule has 0 aliphatic heterocycles. The van der Waals surface area contributed by atoms with Gasteiger partial charge >= 0.3 is 0 Å². The molecular weight excluding hydrogens is 210 g/mol. The van der Waals surface area contributed by atoms with Gasteiger partial charge in [0.05, 0.1) is 7.11 Å². The van der Waals surface area contributed by atoms with E-state index in [2.05, 4.69) is 32.0 Å². The van der Waals surface area contributed by atoms with Crippen LogP contribution in [0.15, 0.2) is 18.2 Å². The Kier molecular flexibility index (Phi) is 6.06. The Bertz CT molecular complexity index is 334. The molecular formula is C15H25NO. The number of methoxy groups -OCH3 is 1. The standard InChI is InChI=1S/C12H16O.C3H9N/c1-9-6-7-11-10(8-9)4-3-5-12(11)13-2;1-2-3-4/h3-5,9H,6-8H2,1-2H3;2-4H2,1H3. The Morgan fingerprint density at radius 3 is 2.71 bits per heavy atom. The highest BCUT2D eigenvalue weighted by atomic mass is 16.5. The molecule has 17 heavy (non-hydrogen) atoms. The maximum absolute atomic E-state index is 5.35. The predicted molar refractivity (Wildman–Crippen MR) is 73.5 cm³/mol. The van der Waals surface area contributed by atoms with Crippen molar-refractivity contribution in [2.75, 3.05) is 13.7 Å². The molecule has 0 saturated heterocycles. The van der Waals surface area contributed by atoms with E-state index in [1.54, 1.807) is 7.11 Å². The van der Waals surface area contributed by atoms with Crippen LogP contribution in [0.1, 0.15) is 37.8 Å². The van der Waals surface area contributed by atoms with Crippen LogP contribution in [-0.2, 0) is 12.8 Å². The Hall–Kier alpha value is -1.02. The Morgan fingerprint density at radius 2 is 2.12 bits per heavy atom. The average Bonchev–Trinajstić information content (AvgIpc) is 2.38. The molecule has 0 radical (unpaired) electrons. The van der Waals surface area contributed by atoms with Crippen molar-refractivity contribution in [1.82, 2.24) is 0 Å². The fourth-order valence-electron chi connectivity index (χ4n) is 2.15. The van der Waals surface area contributed by atoms with E-state index < -0.39 is 0 Å². The lowest BCUT2D eigenvalue weighted by atomic mass is 9.84. The fourth-order valence-corrected chi connectivity index (χ4v) is 2.15. The van der Waals surface area contributed by atoms with Gasteiger partial charge in [0.15, 0.2) is 0 Å². The molecule has 2 heteroatoms. The molecule has 0 saturated carbocycles. The summed E-state index contributed by atoms with van der Waals surface area (Å²) in [5.41, 5.74) is 7.95. The zero-order valence-corrected chi connectivity index (χ0v) is 11.3. The van der Waals surface area contributed by atoms with Gasteiger partial charge in [0.1, 0.15) is 5.75 Å². The summed E-state index contributed by atoms with van der Waals surface area (Å²) in [5.74, 6) is 1.91. The van der Waals surface area contributed by atoms with Gasteiger partial charge in [-0.3, -0.25) is 0 Å². The van der Waals surface area contributed by atoms with Crippen LogP contribution in [0, 0.1) is 5.92 Å². The second kappa shape index (κ2) is 7.33. The average molecular weight is 235 g/mol. The molecule has 0 heterocycles. The summed E-state index contributed by atoms with van der Waals surface area (Å²) in [5, 5.41) is 0. The number of fused-ring (bicyclic) bond motifs is 1. The van der Waals surface area contributed by atoms with E-state index in [9.17, 15) is 0 Å². The first-order chi connectivity index (χ1) is 8.22. The number of benzene rings is 1. The van der Waals surface area contributed by atoms with Crippen LogP contribution in [0.25, 0.3) is 0 Å². The molecule has 0 bridgehead atoms. The van der Waals surface area contributed by atoms with Crippen molar-refractivity contribution in [3.63, 3.8) is 0 Å². The predicted octanol–water partition coefficient (Wildman–Crippen LogP) is 3.18. The molecule has 1 aromatic rings. The smallest absolute Gasteiger partial charge is 0.122 e. The Labute approximate surface area is 105 Å². The minimum absolute atomic E-state index is 0.819. The molecule has 1 unspecified atom stereocenters. The van der Waals surface area contributed by atoms with Gasteiger partial charge in [-0.15, -0.1) is 0 Å². The largest absolute Gasteiger partial charge is 0.496 e. The third-order valence-corrected chi connectivity index (χ3v) is 3.19. The minimum atomic E-state index is 0.819. The molecule has 2 N–H and O–H groups in total. The maximum atomic E-state index is 5.35. The zero-order valence-electron chi connectivity index (χ0n) is 11.3. The normalized spacial score (nSPS) is 17.8.